The molecule has 0 saturated heterocycles. The Balaban J connectivity index is 1.60. The van der Waals surface area contributed by atoms with Crippen molar-refractivity contribution in [1.29, 1.82) is 0 Å². The molecule has 0 spiro atoms. The number of benzene rings is 2. The van der Waals surface area contributed by atoms with Crippen molar-refractivity contribution >= 4 is 22.8 Å². The molecule has 38 heavy (non-hydrogen) atoms. The molecule has 202 valence electrons. The molecule has 0 bridgehead atoms. The van der Waals surface area contributed by atoms with Crippen LogP contribution >= 0.6 is 0 Å². The molecule has 8 heteroatoms. The number of aryl methyl sites for hydroxylation is 2. The maximum Gasteiger partial charge on any atom is 0.339 e. The number of ether oxygens (including phenoxy) is 2. The fraction of sp³-hybridized carbons (Fsp3) is 0.433. The fourth-order valence-electron chi connectivity index (χ4n) is 4.67. The minimum atomic E-state index is -0.762. The van der Waals surface area contributed by atoms with Gasteiger partial charge in [-0.25, -0.2) is 4.79 Å². The van der Waals surface area contributed by atoms with Gasteiger partial charge in [-0.1, -0.05) is 30.3 Å². The minimum absolute atomic E-state index is 0.0686. The third-order valence-electron chi connectivity index (χ3n) is 6.83. The highest BCUT2D eigenvalue weighted by Gasteiger charge is 2.31. The Hall–Kier alpha value is -3.81. The highest BCUT2D eigenvalue weighted by atomic mass is 16.5. The molecule has 4 rings (SSSR count). The first-order chi connectivity index (χ1) is 17.9. The van der Waals surface area contributed by atoms with Crippen LogP contribution in [0.5, 0.6) is 11.5 Å². The Morgan fingerprint density at radius 3 is 2.47 bits per heavy atom. The molecule has 1 aliphatic rings. The zero-order valence-corrected chi connectivity index (χ0v) is 22.9. The van der Waals surface area contributed by atoms with Gasteiger partial charge in [-0.05, 0) is 65.5 Å². The van der Waals surface area contributed by atoms with Crippen LogP contribution < -0.4 is 25.7 Å². The van der Waals surface area contributed by atoms with E-state index in [0.717, 1.165) is 23.1 Å². The molecular weight excluding hydrogens is 484 g/mol. The number of hydrogen-bond acceptors (Lipinski definition) is 6. The number of hydrogen-bond donors (Lipinski definition) is 2. The molecule has 8 nitrogen and oxygen atoms in total. The van der Waals surface area contributed by atoms with Crippen LogP contribution in [0.2, 0.25) is 0 Å². The van der Waals surface area contributed by atoms with Gasteiger partial charge in [-0.3, -0.25) is 9.59 Å². The summed E-state index contributed by atoms with van der Waals surface area (Å²) in [5, 5.41) is 6.34. The second-order valence-electron chi connectivity index (χ2n) is 10.8. The molecule has 2 aromatic carbocycles. The Labute approximate surface area is 222 Å². The summed E-state index contributed by atoms with van der Waals surface area (Å²) in [6, 6.07) is 10.5. The first-order valence-electron chi connectivity index (χ1n) is 13.0. The highest BCUT2D eigenvalue weighted by molar-refractivity contribution is 5.93. The van der Waals surface area contributed by atoms with E-state index in [2.05, 4.69) is 10.6 Å². The van der Waals surface area contributed by atoms with Crippen molar-refractivity contribution in [1.82, 2.24) is 10.6 Å². The minimum Gasteiger partial charge on any atom is -0.487 e. The Kier molecular flexibility index (Phi) is 7.81. The van der Waals surface area contributed by atoms with E-state index in [4.69, 9.17) is 13.9 Å². The molecule has 0 aliphatic carbocycles. The largest absolute Gasteiger partial charge is 0.487 e. The van der Waals surface area contributed by atoms with Crippen LogP contribution in [0.3, 0.4) is 0 Å². The van der Waals surface area contributed by atoms with E-state index in [-0.39, 0.29) is 24.2 Å². The first-order valence-corrected chi connectivity index (χ1v) is 13.0. The van der Waals surface area contributed by atoms with Gasteiger partial charge in [0, 0.05) is 29.7 Å². The number of fused-ring (bicyclic) bond motifs is 3. The average molecular weight is 521 g/mol. The zero-order chi connectivity index (χ0) is 27.6. The molecule has 3 aromatic rings. The van der Waals surface area contributed by atoms with E-state index in [1.807, 2.05) is 65.0 Å². The van der Waals surface area contributed by atoms with Gasteiger partial charge in [-0.2, -0.15) is 0 Å². The van der Waals surface area contributed by atoms with Crippen molar-refractivity contribution in [2.75, 3.05) is 6.61 Å². The zero-order valence-electron chi connectivity index (χ0n) is 22.9. The molecule has 1 aliphatic heterocycles. The van der Waals surface area contributed by atoms with Crippen LogP contribution in [0.25, 0.3) is 11.0 Å². The summed E-state index contributed by atoms with van der Waals surface area (Å²) >= 11 is 0. The van der Waals surface area contributed by atoms with Crippen molar-refractivity contribution in [3.05, 3.63) is 69.1 Å². The van der Waals surface area contributed by atoms with E-state index >= 15 is 0 Å². The molecule has 2 heterocycles. The monoisotopic (exact) mass is 520 g/mol. The van der Waals surface area contributed by atoms with Crippen molar-refractivity contribution in [3.8, 4) is 11.5 Å². The summed E-state index contributed by atoms with van der Waals surface area (Å²) in [5.74, 6) is 0.264. The second-order valence-corrected chi connectivity index (χ2v) is 10.8. The van der Waals surface area contributed by atoms with Gasteiger partial charge in [0.2, 0.25) is 5.91 Å². The van der Waals surface area contributed by atoms with Crippen molar-refractivity contribution in [3.63, 3.8) is 0 Å². The Morgan fingerprint density at radius 2 is 1.79 bits per heavy atom. The lowest BCUT2D eigenvalue weighted by molar-refractivity contribution is -0.130. The van der Waals surface area contributed by atoms with Crippen molar-refractivity contribution in [2.24, 2.45) is 0 Å². The predicted molar refractivity (Wildman–Crippen MR) is 146 cm³/mol. The molecule has 1 aromatic heterocycles. The number of nitrogens with one attached hydrogen (secondary N) is 2. The summed E-state index contributed by atoms with van der Waals surface area (Å²) in [7, 11) is 0. The molecule has 1 atom stereocenters. The van der Waals surface area contributed by atoms with Crippen LogP contribution in [0.1, 0.15) is 56.4 Å². The van der Waals surface area contributed by atoms with E-state index in [1.54, 1.807) is 13.0 Å². The van der Waals surface area contributed by atoms with E-state index in [9.17, 15) is 14.4 Å². The van der Waals surface area contributed by atoms with E-state index in [0.29, 0.717) is 40.9 Å². The maximum absolute atomic E-state index is 13.0. The van der Waals surface area contributed by atoms with Gasteiger partial charge >= 0.3 is 5.63 Å². The smallest absolute Gasteiger partial charge is 0.339 e. The lowest BCUT2D eigenvalue weighted by Crippen LogP contribution is -2.50. The van der Waals surface area contributed by atoms with Crippen LogP contribution in [0.4, 0.5) is 0 Å². The summed E-state index contributed by atoms with van der Waals surface area (Å²) < 4.78 is 17.9. The van der Waals surface area contributed by atoms with Crippen LogP contribution in [0.15, 0.2) is 45.6 Å². The number of rotatable bonds is 8. The number of amides is 2. The van der Waals surface area contributed by atoms with Crippen LogP contribution in [-0.4, -0.2) is 36.1 Å². The molecule has 0 unspecified atom stereocenters. The fourth-order valence-corrected chi connectivity index (χ4v) is 4.67. The maximum atomic E-state index is 13.0. The highest BCUT2D eigenvalue weighted by Crippen LogP contribution is 2.43. The van der Waals surface area contributed by atoms with Crippen molar-refractivity contribution < 1.29 is 23.5 Å². The van der Waals surface area contributed by atoms with E-state index in [1.165, 1.54) is 0 Å². The Bertz CT molecular complexity index is 1410. The predicted octanol–water partition coefficient (Wildman–Crippen LogP) is 4.14. The van der Waals surface area contributed by atoms with Gasteiger partial charge in [0.05, 0.1) is 5.39 Å². The molecule has 2 amide bonds. The third-order valence-corrected chi connectivity index (χ3v) is 6.83. The standard InChI is InChI=1S/C30H36N2O6/c1-17(2)31-28(34)22(14-20-10-8-7-9-11-20)32-25(33)16-36-24-15-23-21(12-13-30(5,6)38-23)27-26(24)18(3)19(4)29(35)37-27/h7-11,15,17,22H,12-14,16H2,1-6H3,(H,31,34)(H,32,33)/t22-/m0/s1. The normalized spacial score (nSPS) is 14.9. The van der Waals surface area contributed by atoms with Gasteiger partial charge in [0.25, 0.3) is 5.91 Å². The SMILES string of the molecule is Cc1c(C)c2c(OCC(=O)N[C@@H](Cc3ccccc3)C(=O)NC(C)C)cc3c(c2oc1=O)CCC(C)(C)O3. The molecule has 2 N–H and O–H groups in total. The topological polar surface area (TPSA) is 107 Å². The third kappa shape index (κ3) is 6.01. The average Bonchev–Trinajstić information content (AvgIpc) is 2.84. The lowest BCUT2D eigenvalue weighted by Gasteiger charge is -2.33. The van der Waals surface area contributed by atoms with Crippen molar-refractivity contribution in [2.45, 2.75) is 78.5 Å². The van der Waals surface area contributed by atoms with Gasteiger partial charge < -0.3 is 24.5 Å². The molecule has 0 saturated carbocycles. The Morgan fingerprint density at radius 1 is 1.08 bits per heavy atom. The van der Waals surface area contributed by atoms with Gasteiger partial charge in [-0.15, -0.1) is 0 Å². The lowest BCUT2D eigenvalue weighted by atomic mass is 9.92. The first kappa shape index (κ1) is 27.2. The summed E-state index contributed by atoms with van der Waals surface area (Å²) in [5.41, 5.74) is 2.61. The van der Waals surface area contributed by atoms with Gasteiger partial charge in [0.15, 0.2) is 6.61 Å². The number of carbonyl (C=O) groups excluding carboxylic acids is 2. The summed E-state index contributed by atoms with van der Waals surface area (Å²) in [6.07, 6.45) is 1.81. The summed E-state index contributed by atoms with van der Waals surface area (Å²) in [6.45, 7) is 11.0. The van der Waals surface area contributed by atoms with Gasteiger partial charge in [0.1, 0.15) is 28.7 Å². The molecule has 0 fully saturated rings. The summed E-state index contributed by atoms with van der Waals surface area (Å²) in [4.78, 5) is 38.4. The van der Waals surface area contributed by atoms with Crippen LogP contribution in [0, 0.1) is 13.8 Å². The number of carbonyl (C=O) groups is 2. The van der Waals surface area contributed by atoms with Crippen LogP contribution in [-0.2, 0) is 22.4 Å². The van der Waals surface area contributed by atoms with E-state index < -0.39 is 17.6 Å². The quantitative estimate of drug-likeness (QED) is 0.433. The molecular formula is C30H36N2O6. The molecule has 0 radical (unpaired) electrons. The second kappa shape index (κ2) is 10.9.